The summed E-state index contributed by atoms with van der Waals surface area (Å²) in [6.45, 7) is 6.15. The fourth-order valence-electron chi connectivity index (χ4n) is 2.59. The summed E-state index contributed by atoms with van der Waals surface area (Å²) in [5, 5.41) is 4.42. The predicted molar refractivity (Wildman–Crippen MR) is 90.8 cm³/mol. The molecule has 0 aliphatic heterocycles. The van der Waals surface area contributed by atoms with Gasteiger partial charge in [0, 0.05) is 15.6 Å². The van der Waals surface area contributed by atoms with Crippen molar-refractivity contribution >= 4 is 21.6 Å². The summed E-state index contributed by atoms with van der Waals surface area (Å²) in [7, 11) is 0. The minimum atomic E-state index is 0.0755. The van der Waals surface area contributed by atoms with Gasteiger partial charge in [0.2, 0.25) is 0 Å². The lowest BCUT2D eigenvalue weighted by Crippen LogP contribution is -2.04. The van der Waals surface area contributed by atoms with E-state index in [0.29, 0.717) is 0 Å². The Bertz CT molecular complexity index is 719. The number of oxime groups is 1. The second-order valence-corrected chi connectivity index (χ2v) is 6.43. The van der Waals surface area contributed by atoms with E-state index < -0.39 is 0 Å². The number of fused-ring (bicyclic) bond motifs is 3. The summed E-state index contributed by atoms with van der Waals surface area (Å²) in [5.74, 6) is 0. The van der Waals surface area contributed by atoms with E-state index in [1.165, 1.54) is 22.3 Å². The summed E-state index contributed by atoms with van der Waals surface area (Å²) < 4.78 is 1.06. The van der Waals surface area contributed by atoms with Gasteiger partial charge in [0.25, 0.3) is 0 Å². The highest BCUT2D eigenvalue weighted by molar-refractivity contribution is 9.10. The standard InChI is InChI=1S/C18H18BrNO/c1-4-12-5-7-14-15-8-6-13(19)10-17(15)18(16(14)9-12)20-21-11(2)3/h5-11H,4H2,1-3H3. The minimum absolute atomic E-state index is 0.0755. The molecule has 21 heavy (non-hydrogen) atoms. The van der Waals surface area contributed by atoms with Crippen molar-refractivity contribution in [2.45, 2.75) is 33.3 Å². The first kappa shape index (κ1) is 14.3. The fourth-order valence-corrected chi connectivity index (χ4v) is 2.95. The summed E-state index contributed by atoms with van der Waals surface area (Å²) >= 11 is 3.55. The zero-order valence-corrected chi connectivity index (χ0v) is 14.1. The molecular weight excluding hydrogens is 326 g/mol. The Morgan fingerprint density at radius 3 is 2.33 bits per heavy atom. The SMILES string of the molecule is CCc1ccc2c(c1)C(=NOC(C)C)c1cc(Br)ccc1-2. The summed E-state index contributed by atoms with van der Waals surface area (Å²) in [6.07, 6.45) is 1.09. The molecule has 0 bridgehead atoms. The second-order valence-electron chi connectivity index (χ2n) is 5.52. The largest absolute Gasteiger partial charge is 0.393 e. The van der Waals surface area contributed by atoms with Crippen LogP contribution in [0.15, 0.2) is 46.0 Å². The van der Waals surface area contributed by atoms with Crippen molar-refractivity contribution in [2.24, 2.45) is 5.16 Å². The van der Waals surface area contributed by atoms with Crippen molar-refractivity contribution < 1.29 is 4.84 Å². The molecule has 0 N–H and O–H groups in total. The Labute approximate surface area is 134 Å². The van der Waals surface area contributed by atoms with E-state index in [1.807, 2.05) is 13.8 Å². The van der Waals surface area contributed by atoms with Gasteiger partial charge in [-0.2, -0.15) is 0 Å². The maximum atomic E-state index is 5.53. The van der Waals surface area contributed by atoms with Gasteiger partial charge < -0.3 is 4.84 Å². The Hall–Kier alpha value is -1.61. The van der Waals surface area contributed by atoms with Gasteiger partial charge in [-0.3, -0.25) is 0 Å². The average molecular weight is 344 g/mol. The molecule has 0 amide bonds. The molecule has 0 saturated carbocycles. The molecule has 3 rings (SSSR count). The Morgan fingerprint density at radius 1 is 1.00 bits per heavy atom. The zero-order valence-electron chi connectivity index (χ0n) is 12.5. The molecule has 3 heteroatoms. The number of nitrogens with zero attached hydrogens (tertiary/aromatic N) is 1. The van der Waals surface area contributed by atoms with Crippen LogP contribution in [0.2, 0.25) is 0 Å². The van der Waals surface area contributed by atoms with Crippen LogP contribution in [-0.2, 0) is 11.3 Å². The molecule has 0 unspecified atom stereocenters. The molecule has 0 radical (unpaired) electrons. The van der Waals surface area contributed by atoms with Crippen LogP contribution in [0.4, 0.5) is 0 Å². The van der Waals surface area contributed by atoms with Crippen LogP contribution in [0.25, 0.3) is 11.1 Å². The highest BCUT2D eigenvalue weighted by Crippen LogP contribution is 2.39. The molecule has 1 aliphatic rings. The first-order chi connectivity index (χ1) is 10.1. The van der Waals surface area contributed by atoms with E-state index in [-0.39, 0.29) is 6.10 Å². The van der Waals surface area contributed by atoms with Crippen LogP contribution in [0.1, 0.15) is 37.5 Å². The number of halogens is 1. The van der Waals surface area contributed by atoms with Crippen molar-refractivity contribution in [2.75, 3.05) is 0 Å². The molecule has 0 saturated heterocycles. The quantitative estimate of drug-likeness (QED) is 0.601. The third kappa shape index (κ3) is 2.62. The van der Waals surface area contributed by atoms with E-state index in [0.717, 1.165) is 22.2 Å². The van der Waals surface area contributed by atoms with Crippen LogP contribution in [0.3, 0.4) is 0 Å². The van der Waals surface area contributed by atoms with E-state index in [4.69, 9.17) is 4.84 Å². The van der Waals surface area contributed by atoms with E-state index in [2.05, 4.69) is 64.4 Å². The maximum Gasteiger partial charge on any atom is 0.122 e. The predicted octanol–water partition coefficient (Wildman–Crippen LogP) is 5.17. The summed E-state index contributed by atoms with van der Waals surface area (Å²) in [5.41, 5.74) is 7.02. The molecule has 2 aromatic rings. The van der Waals surface area contributed by atoms with Gasteiger partial charge in [-0.25, -0.2) is 0 Å². The molecule has 0 heterocycles. The van der Waals surface area contributed by atoms with Crippen molar-refractivity contribution in [1.29, 1.82) is 0 Å². The third-order valence-electron chi connectivity index (χ3n) is 3.63. The van der Waals surface area contributed by atoms with Crippen molar-refractivity contribution in [3.63, 3.8) is 0 Å². The molecule has 1 aliphatic carbocycles. The normalized spacial score (nSPS) is 14.4. The molecular formula is C18H18BrNO. The zero-order chi connectivity index (χ0) is 15.0. The van der Waals surface area contributed by atoms with Gasteiger partial charge >= 0.3 is 0 Å². The molecule has 0 fully saturated rings. The molecule has 0 atom stereocenters. The number of benzene rings is 2. The minimum Gasteiger partial charge on any atom is -0.393 e. The van der Waals surface area contributed by atoms with Gasteiger partial charge in [-0.05, 0) is 55.2 Å². The van der Waals surface area contributed by atoms with E-state index in [9.17, 15) is 0 Å². The molecule has 0 aromatic heterocycles. The highest BCUT2D eigenvalue weighted by atomic mass is 79.9. The number of aryl methyl sites for hydroxylation is 1. The number of hydrogen-bond donors (Lipinski definition) is 0. The smallest absolute Gasteiger partial charge is 0.122 e. The van der Waals surface area contributed by atoms with Gasteiger partial charge in [-0.15, -0.1) is 0 Å². The average Bonchev–Trinajstić information content (AvgIpc) is 2.77. The Balaban J connectivity index is 2.20. The van der Waals surface area contributed by atoms with Crippen LogP contribution < -0.4 is 0 Å². The first-order valence-electron chi connectivity index (χ1n) is 7.27. The summed E-state index contributed by atoms with van der Waals surface area (Å²) in [6, 6.07) is 12.9. The molecule has 2 nitrogen and oxygen atoms in total. The highest BCUT2D eigenvalue weighted by Gasteiger charge is 2.26. The van der Waals surface area contributed by atoms with Crippen molar-refractivity contribution in [3.05, 3.63) is 57.6 Å². The number of rotatable bonds is 3. The maximum absolute atomic E-state index is 5.53. The lowest BCUT2D eigenvalue weighted by atomic mass is 10.0. The topological polar surface area (TPSA) is 21.6 Å². The van der Waals surface area contributed by atoms with Crippen LogP contribution >= 0.6 is 15.9 Å². The third-order valence-corrected chi connectivity index (χ3v) is 4.12. The first-order valence-corrected chi connectivity index (χ1v) is 8.07. The van der Waals surface area contributed by atoms with E-state index >= 15 is 0 Å². The van der Waals surface area contributed by atoms with Gasteiger partial charge in [0.15, 0.2) is 0 Å². The van der Waals surface area contributed by atoms with Crippen molar-refractivity contribution in [1.82, 2.24) is 0 Å². The van der Waals surface area contributed by atoms with Gasteiger partial charge in [-0.1, -0.05) is 46.2 Å². The van der Waals surface area contributed by atoms with Gasteiger partial charge in [0.05, 0.1) is 0 Å². The second kappa shape index (κ2) is 5.64. The molecule has 108 valence electrons. The van der Waals surface area contributed by atoms with Crippen LogP contribution in [-0.4, -0.2) is 11.8 Å². The van der Waals surface area contributed by atoms with Crippen LogP contribution in [0.5, 0.6) is 0 Å². The fraction of sp³-hybridized carbons (Fsp3) is 0.278. The lowest BCUT2D eigenvalue weighted by Gasteiger charge is -2.06. The molecule has 0 spiro atoms. The lowest BCUT2D eigenvalue weighted by molar-refractivity contribution is 0.0863. The monoisotopic (exact) mass is 343 g/mol. The molecule has 2 aromatic carbocycles. The Kier molecular flexibility index (Phi) is 3.85. The number of hydrogen-bond acceptors (Lipinski definition) is 2. The van der Waals surface area contributed by atoms with E-state index in [1.54, 1.807) is 0 Å². The Morgan fingerprint density at radius 2 is 1.67 bits per heavy atom. The van der Waals surface area contributed by atoms with Crippen molar-refractivity contribution in [3.8, 4) is 11.1 Å². The summed E-state index contributed by atoms with van der Waals surface area (Å²) in [4.78, 5) is 5.53. The van der Waals surface area contributed by atoms with Gasteiger partial charge in [0.1, 0.15) is 11.8 Å². The van der Waals surface area contributed by atoms with Crippen LogP contribution in [0, 0.1) is 0 Å².